The highest BCUT2D eigenvalue weighted by atomic mass is 32.2. The smallest absolute Gasteiger partial charge is 0.262 e. The van der Waals surface area contributed by atoms with Crippen LogP contribution in [0.2, 0.25) is 0 Å². The van der Waals surface area contributed by atoms with Crippen molar-refractivity contribution in [2.24, 2.45) is 4.99 Å². The van der Waals surface area contributed by atoms with E-state index in [1.807, 2.05) is 0 Å². The zero-order valence-electron chi connectivity index (χ0n) is 18.3. The number of rotatable bonds is 6. The van der Waals surface area contributed by atoms with E-state index in [2.05, 4.69) is 15.2 Å². The van der Waals surface area contributed by atoms with Gasteiger partial charge < -0.3 is 15.1 Å². The first-order valence-corrected chi connectivity index (χ1v) is 11.7. The molecule has 0 aliphatic carbocycles. The summed E-state index contributed by atoms with van der Waals surface area (Å²) in [5.41, 5.74) is 1.85. The van der Waals surface area contributed by atoms with Crippen LogP contribution in [0.4, 0.5) is 10.1 Å². The molecule has 0 aromatic heterocycles. The Labute approximate surface area is 196 Å². The van der Waals surface area contributed by atoms with Crippen molar-refractivity contribution in [2.75, 3.05) is 25.5 Å². The van der Waals surface area contributed by atoms with Crippen molar-refractivity contribution >= 4 is 40.3 Å². The summed E-state index contributed by atoms with van der Waals surface area (Å²) in [6, 6.07) is 12.6. The van der Waals surface area contributed by atoms with E-state index in [1.165, 1.54) is 23.9 Å². The number of aliphatic imine (C=N–C) groups is 1. The largest absolute Gasteiger partial charge is 0.351 e. The van der Waals surface area contributed by atoms with Crippen molar-refractivity contribution in [3.63, 3.8) is 0 Å². The molecule has 2 aromatic rings. The number of benzene rings is 2. The average Bonchev–Trinajstić information content (AvgIpc) is 3.46. The minimum absolute atomic E-state index is 0.0471. The third-order valence-corrected chi connectivity index (χ3v) is 6.78. The number of anilines is 1. The van der Waals surface area contributed by atoms with Crippen LogP contribution < -0.4 is 5.32 Å². The fourth-order valence-corrected chi connectivity index (χ4v) is 4.90. The summed E-state index contributed by atoms with van der Waals surface area (Å²) in [5, 5.41) is 3.01. The van der Waals surface area contributed by atoms with Gasteiger partial charge in [0.1, 0.15) is 11.1 Å². The average molecular weight is 469 g/mol. The molecule has 2 heterocycles. The topological polar surface area (TPSA) is 82.1 Å². The number of amidine groups is 1. The minimum atomic E-state index is -0.499. The van der Waals surface area contributed by atoms with Gasteiger partial charge in [0, 0.05) is 44.4 Å². The molecule has 0 spiro atoms. The molecule has 0 radical (unpaired) electrons. The zero-order chi connectivity index (χ0) is 23.4. The third kappa shape index (κ3) is 5.78. The van der Waals surface area contributed by atoms with Gasteiger partial charge in [-0.3, -0.25) is 14.4 Å². The van der Waals surface area contributed by atoms with Gasteiger partial charge in [-0.05, 0) is 54.8 Å². The van der Waals surface area contributed by atoms with Gasteiger partial charge in [0.2, 0.25) is 5.91 Å². The Morgan fingerprint density at radius 3 is 2.45 bits per heavy atom. The lowest BCUT2D eigenvalue weighted by atomic mass is 10.1. The second kappa shape index (κ2) is 10.2. The Morgan fingerprint density at radius 1 is 1.12 bits per heavy atom. The Morgan fingerprint density at radius 2 is 1.79 bits per heavy atom. The fraction of sp³-hybridized carbons (Fsp3) is 0.333. The summed E-state index contributed by atoms with van der Waals surface area (Å²) in [4.78, 5) is 45.1. The number of carbonyl (C=O) groups is 3. The molecule has 0 saturated carbocycles. The number of nitrogens with one attached hydrogen (secondary N) is 1. The van der Waals surface area contributed by atoms with Crippen molar-refractivity contribution in [2.45, 2.75) is 31.1 Å². The Kier molecular flexibility index (Phi) is 7.08. The number of hydrogen-bond donors (Lipinski definition) is 1. The summed E-state index contributed by atoms with van der Waals surface area (Å²) < 4.78 is 13.1. The third-order valence-electron chi connectivity index (χ3n) is 5.57. The monoisotopic (exact) mass is 468 g/mol. The van der Waals surface area contributed by atoms with Gasteiger partial charge in [0.25, 0.3) is 11.8 Å². The lowest BCUT2D eigenvalue weighted by molar-refractivity contribution is -0.121. The molecule has 1 atom stereocenters. The highest BCUT2D eigenvalue weighted by molar-refractivity contribution is 8.15. The van der Waals surface area contributed by atoms with Crippen molar-refractivity contribution in [1.82, 2.24) is 9.80 Å². The van der Waals surface area contributed by atoms with Crippen LogP contribution >= 0.6 is 11.8 Å². The van der Waals surface area contributed by atoms with Gasteiger partial charge >= 0.3 is 0 Å². The fourth-order valence-electron chi connectivity index (χ4n) is 3.79. The van der Waals surface area contributed by atoms with Gasteiger partial charge in [-0.25, -0.2) is 4.39 Å². The first-order chi connectivity index (χ1) is 15.9. The second-order valence-corrected chi connectivity index (χ2v) is 9.32. The molecule has 172 valence electrons. The molecule has 4 rings (SSSR count). The molecule has 1 saturated heterocycles. The maximum absolute atomic E-state index is 13.1. The summed E-state index contributed by atoms with van der Waals surface area (Å²) in [6.07, 6.45) is 2.24. The lowest BCUT2D eigenvalue weighted by Gasteiger charge is -2.18. The molecule has 1 fully saturated rings. The quantitative estimate of drug-likeness (QED) is 0.702. The van der Waals surface area contributed by atoms with Crippen molar-refractivity contribution in [1.29, 1.82) is 0 Å². The first-order valence-electron chi connectivity index (χ1n) is 10.8. The number of likely N-dealkylation sites (tertiary alicyclic amines) is 1. The van der Waals surface area contributed by atoms with Crippen LogP contribution in [0, 0.1) is 5.82 Å². The lowest BCUT2D eigenvalue weighted by Crippen LogP contribution is -2.26. The molecule has 3 amide bonds. The molecule has 33 heavy (non-hydrogen) atoms. The number of amides is 3. The Hall–Kier alpha value is -3.20. The van der Waals surface area contributed by atoms with Gasteiger partial charge in [-0.2, -0.15) is 4.99 Å². The molecule has 0 bridgehead atoms. The number of nitrogens with zero attached hydrogens (tertiary/aromatic N) is 3. The molecule has 0 unspecified atom stereocenters. The van der Waals surface area contributed by atoms with E-state index in [0.717, 1.165) is 36.7 Å². The second-order valence-electron chi connectivity index (χ2n) is 8.15. The van der Waals surface area contributed by atoms with E-state index < -0.39 is 5.25 Å². The van der Waals surface area contributed by atoms with Gasteiger partial charge in [0.15, 0.2) is 5.17 Å². The van der Waals surface area contributed by atoms with Crippen molar-refractivity contribution in [3.05, 3.63) is 65.5 Å². The Balaban J connectivity index is 1.28. The van der Waals surface area contributed by atoms with E-state index in [0.29, 0.717) is 17.8 Å². The molecular formula is C24H25FN4O3S. The Bertz CT molecular complexity index is 1070. The molecule has 9 heteroatoms. The number of halogens is 1. The highest BCUT2D eigenvalue weighted by Crippen LogP contribution is 2.29. The number of carbonyl (C=O) groups excluding carboxylic acids is 3. The van der Waals surface area contributed by atoms with Crippen LogP contribution in [-0.4, -0.2) is 58.1 Å². The summed E-state index contributed by atoms with van der Waals surface area (Å²) in [6.45, 7) is 2.16. The molecule has 2 aliphatic rings. The van der Waals surface area contributed by atoms with E-state index in [-0.39, 0.29) is 30.0 Å². The maximum atomic E-state index is 13.1. The van der Waals surface area contributed by atoms with E-state index in [9.17, 15) is 18.8 Å². The zero-order valence-corrected chi connectivity index (χ0v) is 19.1. The normalized spacial score (nSPS) is 17.8. The van der Waals surface area contributed by atoms with Gasteiger partial charge in [-0.1, -0.05) is 23.9 Å². The first kappa shape index (κ1) is 23.0. The van der Waals surface area contributed by atoms with E-state index >= 15 is 0 Å². The summed E-state index contributed by atoms with van der Waals surface area (Å²) in [5.74, 6) is -1.04. The van der Waals surface area contributed by atoms with Gasteiger partial charge in [-0.15, -0.1) is 0 Å². The van der Waals surface area contributed by atoms with Crippen LogP contribution in [0.15, 0.2) is 53.5 Å². The minimum Gasteiger partial charge on any atom is -0.351 e. The van der Waals surface area contributed by atoms with Crippen LogP contribution in [-0.2, 0) is 16.1 Å². The number of thioether (sulfide) groups is 1. The van der Waals surface area contributed by atoms with E-state index in [4.69, 9.17) is 0 Å². The standard InChI is InChI=1S/C24H25FN4O3S/c1-28(15-16-4-8-18(25)9-5-16)23(32)17-6-10-19(11-7-17)26-21(30)14-20-22(31)27-24(33-20)29-12-2-3-13-29/h4-11,20H,2-3,12-15H2,1H3,(H,26,30)/t20-/m1/s1. The molecule has 2 aliphatic heterocycles. The molecule has 1 N–H and O–H groups in total. The maximum Gasteiger partial charge on any atom is 0.262 e. The van der Waals surface area contributed by atoms with Crippen LogP contribution in [0.3, 0.4) is 0 Å². The predicted molar refractivity (Wildman–Crippen MR) is 127 cm³/mol. The molecular weight excluding hydrogens is 443 g/mol. The van der Waals surface area contributed by atoms with Crippen molar-refractivity contribution in [3.8, 4) is 0 Å². The predicted octanol–water partition coefficient (Wildman–Crippen LogP) is 3.52. The van der Waals surface area contributed by atoms with E-state index in [1.54, 1.807) is 48.3 Å². The van der Waals surface area contributed by atoms with Crippen LogP contribution in [0.1, 0.15) is 35.2 Å². The summed E-state index contributed by atoms with van der Waals surface area (Å²) in [7, 11) is 1.68. The summed E-state index contributed by atoms with van der Waals surface area (Å²) >= 11 is 1.36. The highest BCUT2D eigenvalue weighted by Gasteiger charge is 2.33. The SMILES string of the molecule is CN(Cc1ccc(F)cc1)C(=O)c1ccc(NC(=O)C[C@H]2SC(N3CCCC3)=NC2=O)cc1. The van der Waals surface area contributed by atoms with Crippen molar-refractivity contribution < 1.29 is 18.8 Å². The van der Waals surface area contributed by atoms with Crippen LogP contribution in [0.25, 0.3) is 0 Å². The van der Waals surface area contributed by atoms with Gasteiger partial charge in [0.05, 0.1) is 0 Å². The molecule has 7 nitrogen and oxygen atoms in total. The molecule has 2 aromatic carbocycles. The number of hydrogen-bond acceptors (Lipinski definition) is 5. The van der Waals surface area contributed by atoms with Crippen LogP contribution in [0.5, 0.6) is 0 Å².